The second kappa shape index (κ2) is 5.20. The molecule has 0 aromatic heterocycles. The highest BCUT2D eigenvalue weighted by atomic mass is 35.5. The van der Waals surface area contributed by atoms with E-state index in [0.29, 0.717) is 23.2 Å². The topological polar surface area (TPSA) is 45.0 Å². The number of anilines is 1. The van der Waals surface area contributed by atoms with Gasteiger partial charge in [-0.15, -0.1) is 0 Å². The number of benzene rings is 1. The van der Waals surface area contributed by atoms with Crippen LogP contribution in [0.1, 0.15) is 18.4 Å². The van der Waals surface area contributed by atoms with E-state index in [1.807, 2.05) is 6.07 Å². The van der Waals surface area contributed by atoms with Gasteiger partial charge < -0.3 is 10.1 Å². The molecule has 0 spiro atoms. The Morgan fingerprint density at radius 3 is 3.06 bits per heavy atom. The van der Waals surface area contributed by atoms with Crippen LogP contribution in [0.3, 0.4) is 0 Å². The number of hydrogen-bond acceptors (Lipinski definition) is 3. The largest absolute Gasteiger partial charge is 0.379 e. The van der Waals surface area contributed by atoms with Crippen molar-refractivity contribution in [2.45, 2.75) is 18.9 Å². The monoisotopic (exact) mass is 236 g/mol. The Morgan fingerprint density at radius 2 is 2.38 bits per heavy atom. The molecular weight excluding hydrogens is 224 g/mol. The number of rotatable bonds is 2. The van der Waals surface area contributed by atoms with E-state index in [2.05, 4.69) is 11.4 Å². The highest BCUT2D eigenvalue weighted by Crippen LogP contribution is 2.22. The van der Waals surface area contributed by atoms with Gasteiger partial charge in [0.25, 0.3) is 0 Å². The molecule has 0 aliphatic carbocycles. The highest BCUT2D eigenvalue weighted by molar-refractivity contribution is 6.30. The van der Waals surface area contributed by atoms with E-state index in [-0.39, 0.29) is 0 Å². The second-order valence-corrected chi connectivity index (χ2v) is 4.30. The van der Waals surface area contributed by atoms with Gasteiger partial charge in [-0.2, -0.15) is 5.26 Å². The van der Waals surface area contributed by atoms with Crippen molar-refractivity contribution in [1.82, 2.24) is 0 Å². The number of nitrogens with one attached hydrogen (secondary N) is 1. The van der Waals surface area contributed by atoms with Gasteiger partial charge in [-0.05, 0) is 31.0 Å². The predicted octanol–water partition coefficient (Wildman–Crippen LogP) is 2.80. The molecule has 1 unspecified atom stereocenters. The van der Waals surface area contributed by atoms with Crippen LogP contribution >= 0.6 is 11.6 Å². The molecule has 1 aliphatic heterocycles. The van der Waals surface area contributed by atoms with Gasteiger partial charge in [-0.3, -0.25) is 0 Å². The van der Waals surface area contributed by atoms with Crippen LogP contribution in [-0.4, -0.2) is 19.3 Å². The summed E-state index contributed by atoms with van der Waals surface area (Å²) in [6.45, 7) is 1.54. The molecule has 1 heterocycles. The number of nitrogens with zero attached hydrogens (tertiary/aromatic N) is 1. The zero-order valence-corrected chi connectivity index (χ0v) is 9.63. The minimum atomic E-state index is 0.294. The Bertz CT molecular complexity index is 408. The molecule has 1 atom stereocenters. The molecule has 1 aromatic rings. The minimum absolute atomic E-state index is 0.294. The molecule has 2 rings (SSSR count). The van der Waals surface area contributed by atoms with E-state index in [1.54, 1.807) is 12.1 Å². The fraction of sp³-hybridized carbons (Fsp3) is 0.417. The summed E-state index contributed by atoms with van der Waals surface area (Å²) < 4.78 is 5.38. The average molecular weight is 237 g/mol. The maximum atomic E-state index is 8.99. The van der Waals surface area contributed by atoms with Crippen molar-refractivity contribution in [2.24, 2.45) is 0 Å². The first-order valence-electron chi connectivity index (χ1n) is 5.33. The Labute approximate surface area is 100.0 Å². The van der Waals surface area contributed by atoms with E-state index >= 15 is 0 Å². The fourth-order valence-corrected chi connectivity index (χ4v) is 1.98. The first-order chi connectivity index (χ1) is 7.79. The Kier molecular flexibility index (Phi) is 3.66. The number of halogens is 1. The highest BCUT2D eigenvalue weighted by Gasteiger charge is 2.14. The van der Waals surface area contributed by atoms with Crippen LogP contribution in [0, 0.1) is 11.3 Å². The molecular formula is C12H13ClN2O. The summed E-state index contributed by atoms with van der Waals surface area (Å²) in [6, 6.07) is 7.73. The fourth-order valence-electron chi connectivity index (χ4n) is 1.81. The lowest BCUT2D eigenvalue weighted by molar-refractivity contribution is 0.0876. The lowest BCUT2D eigenvalue weighted by atomic mass is 10.1. The third kappa shape index (κ3) is 2.66. The van der Waals surface area contributed by atoms with E-state index in [1.165, 1.54) is 0 Å². The van der Waals surface area contributed by atoms with Crippen LogP contribution in [-0.2, 0) is 4.74 Å². The first kappa shape index (κ1) is 11.3. The third-order valence-corrected chi connectivity index (χ3v) is 2.86. The van der Waals surface area contributed by atoms with Crippen molar-refractivity contribution in [3.63, 3.8) is 0 Å². The molecule has 1 aromatic carbocycles. The van der Waals surface area contributed by atoms with Gasteiger partial charge in [0.05, 0.1) is 17.9 Å². The van der Waals surface area contributed by atoms with Gasteiger partial charge in [-0.25, -0.2) is 0 Å². The second-order valence-electron chi connectivity index (χ2n) is 3.86. The Morgan fingerprint density at radius 1 is 1.50 bits per heavy atom. The van der Waals surface area contributed by atoms with Crippen molar-refractivity contribution < 1.29 is 4.74 Å². The van der Waals surface area contributed by atoms with E-state index in [4.69, 9.17) is 21.6 Å². The summed E-state index contributed by atoms with van der Waals surface area (Å²) in [5.41, 5.74) is 1.42. The zero-order valence-electron chi connectivity index (χ0n) is 8.87. The Hall–Kier alpha value is -1.24. The zero-order chi connectivity index (χ0) is 11.4. The molecule has 0 amide bonds. The summed E-state index contributed by atoms with van der Waals surface area (Å²) in [6.07, 6.45) is 2.14. The van der Waals surface area contributed by atoms with Crippen LogP contribution in [0.5, 0.6) is 0 Å². The van der Waals surface area contributed by atoms with E-state index in [0.717, 1.165) is 25.1 Å². The number of hydrogen-bond donors (Lipinski definition) is 1. The normalized spacial score (nSPS) is 20.1. The summed E-state index contributed by atoms with van der Waals surface area (Å²) in [5.74, 6) is 0. The van der Waals surface area contributed by atoms with Crippen molar-refractivity contribution in [2.75, 3.05) is 18.5 Å². The SMILES string of the molecule is N#Cc1cc(Cl)ccc1NC1CCCOC1. The molecule has 1 N–H and O–H groups in total. The molecule has 0 saturated carbocycles. The van der Waals surface area contributed by atoms with Crippen LogP contribution in [0.2, 0.25) is 5.02 Å². The average Bonchev–Trinajstić information content (AvgIpc) is 2.33. The summed E-state index contributed by atoms with van der Waals surface area (Å²) in [5, 5.41) is 12.9. The number of ether oxygens (including phenoxy) is 1. The molecule has 0 bridgehead atoms. The first-order valence-corrected chi connectivity index (χ1v) is 5.71. The van der Waals surface area contributed by atoms with Gasteiger partial charge >= 0.3 is 0 Å². The predicted molar refractivity (Wildman–Crippen MR) is 63.6 cm³/mol. The van der Waals surface area contributed by atoms with Crippen molar-refractivity contribution in [3.8, 4) is 6.07 Å². The van der Waals surface area contributed by atoms with Crippen LogP contribution in [0.25, 0.3) is 0 Å². The maximum absolute atomic E-state index is 8.99. The lowest BCUT2D eigenvalue weighted by Crippen LogP contribution is -2.30. The van der Waals surface area contributed by atoms with Crippen molar-refractivity contribution in [1.29, 1.82) is 5.26 Å². The molecule has 1 fully saturated rings. The molecule has 3 nitrogen and oxygen atoms in total. The summed E-state index contributed by atoms with van der Waals surface area (Å²) in [4.78, 5) is 0. The van der Waals surface area contributed by atoms with E-state index < -0.39 is 0 Å². The van der Waals surface area contributed by atoms with Crippen molar-refractivity contribution in [3.05, 3.63) is 28.8 Å². The van der Waals surface area contributed by atoms with Gasteiger partial charge in [0.15, 0.2) is 0 Å². The maximum Gasteiger partial charge on any atom is 0.101 e. The standard InChI is InChI=1S/C12H13ClN2O/c13-10-3-4-12(9(6-10)7-14)15-11-2-1-5-16-8-11/h3-4,6,11,15H,1-2,5,8H2. The minimum Gasteiger partial charge on any atom is -0.379 e. The quantitative estimate of drug-likeness (QED) is 0.859. The molecule has 84 valence electrons. The van der Waals surface area contributed by atoms with Gasteiger partial charge in [-0.1, -0.05) is 11.6 Å². The molecule has 0 radical (unpaired) electrons. The van der Waals surface area contributed by atoms with Gasteiger partial charge in [0.2, 0.25) is 0 Å². The van der Waals surface area contributed by atoms with E-state index in [9.17, 15) is 0 Å². The lowest BCUT2D eigenvalue weighted by Gasteiger charge is -2.24. The van der Waals surface area contributed by atoms with Crippen LogP contribution in [0.4, 0.5) is 5.69 Å². The molecule has 16 heavy (non-hydrogen) atoms. The van der Waals surface area contributed by atoms with Crippen LogP contribution < -0.4 is 5.32 Å². The summed E-state index contributed by atoms with van der Waals surface area (Å²) >= 11 is 5.83. The van der Waals surface area contributed by atoms with Crippen LogP contribution in [0.15, 0.2) is 18.2 Å². The summed E-state index contributed by atoms with van der Waals surface area (Å²) in [7, 11) is 0. The number of nitriles is 1. The molecule has 4 heteroatoms. The van der Waals surface area contributed by atoms with Gasteiger partial charge in [0.1, 0.15) is 6.07 Å². The van der Waals surface area contributed by atoms with Crippen molar-refractivity contribution >= 4 is 17.3 Å². The molecule has 1 aliphatic rings. The molecule has 1 saturated heterocycles. The Balaban J connectivity index is 2.11. The third-order valence-electron chi connectivity index (χ3n) is 2.62. The van der Waals surface area contributed by atoms with Gasteiger partial charge in [0, 0.05) is 17.7 Å². The smallest absolute Gasteiger partial charge is 0.101 e.